The van der Waals surface area contributed by atoms with Gasteiger partial charge in [-0.25, -0.2) is 0 Å². The van der Waals surface area contributed by atoms with Crippen LogP contribution in [0.25, 0.3) is 11.0 Å². The second-order valence-corrected chi connectivity index (χ2v) is 7.88. The highest BCUT2D eigenvalue weighted by Gasteiger charge is 2.43. The van der Waals surface area contributed by atoms with Crippen molar-refractivity contribution in [3.05, 3.63) is 65.9 Å². The maximum atomic E-state index is 13.3. The molecule has 3 unspecified atom stereocenters. The van der Waals surface area contributed by atoms with E-state index in [1.165, 1.54) is 0 Å². The summed E-state index contributed by atoms with van der Waals surface area (Å²) in [7, 11) is 0. The number of likely N-dealkylation sites (tertiary alicyclic amines) is 1. The van der Waals surface area contributed by atoms with Crippen LogP contribution in [-0.2, 0) is 6.61 Å². The highest BCUT2D eigenvalue weighted by Crippen LogP contribution is 2.38. The number of hydrogen-bond acceptors (Lipinski definition) is 4. The average molecular weight is 376 g/mol. The van der Waals surface area contributed by atoms with E-state index in [1.54, 1.807) is 0 Å². The van der Waals surface area contributed by atoms with E-state index in [4.69, 9.17) is 14.9 Å². The minimum atomic E-state index is -0.0514. The fourth-order valence-electron chi connectivity index (χ4n) is 4.70. The third-order valence-corrected chi connectivity index (χ3v) is 6.22. The second-order valence-electron chi connectivity index (χ2n) is 7.88. The van der Waals surface area contributed by atoms with E-state index in [0.29, 0.717) is 29.8 Å². The Morgan fingerprint density at radius 1 is 1.07 bits per heavy atom. The van der Waals surface area contributed by atoms with Crippen molar-refractivity contribution >= 4 is 16.9 Å². The first-order chi connectivity index (χ1) is 13.7. The van der Waals surface area contributed by atoms with E-state index < -0.39 is 0 Å². The molecule has 144 valence electrons. The molecule has 2 aliphatic rings. The number of fused-ring (bicyclic) bond motifs is 2. The van der Waals surface area contributed by atoms with Gasteiger partial charge in [0.1, 0.15) is 17.9 Å². The van der Waals surface area contributed by atoms with Crippen LogP contribution in [0.3, 0.4) is 0 Å². The molecule has 5 nitrogen and oxygen atoms in total. The van der Waals surface area contributed by atoms with Crippen LogP contribution >= 0.6 is 0 Å². The number of amides is 1. The van der Waals surface area contributed by atoms with Crippen LogP contribution in [0.15, 0.2) is 59.0 Å². The molecule has 0 spiro atoms. The molecule has 2 N–H and O–H groups in total. The van der Waals surface area contributed by atoms with Crippen LogP contribution < -0.4 is 10.5 Å². The van der Waals surface area contributed by atoms with E-state index in [0.717, 1.165) is 42.6 Å². The summed E-state index contributed by atoms with van der Waals surface area (Å²) >= 11 is 0. The van der Waals surface area contributed by atoms with Crippen molar-refractivity contribution < 1.29 is 13.9 Å². The fraction of sp³-hybridized carbons (Fsp3) is 0.348. The Bertz CT molecular complexity index is 998. The predicted molar refractivity (Wildman–Crippen MR) is 107 cm³/mol. The van der Waals surface area contributed by atoms with Crippen molar-refractivity contribution in [2.45, 2.75) is 25.5 Å². The van der Waals surface area contributed by atoms with Gasteiger partial charge >= 0.3 is 0 Å². The molecule has 1 saturated carbocycles. The summed E-state index contributed by atoms with van der Waals surface area (Å²) in [6.07, 6.45) is 2.18. The Morgan fingerprint density at radius 3 is 2.68 bits per heavy atom. The van der Waals surface area contributed by atoms with E-state index in [-0.39, 0.29) is 11.9 Å². The van der Waals surface area contributed by atoms with Crippen molar-refractivity contribution in [3.63, 3.8) is 0 Å². The van der Waals surface area contributed by atoms with Gasteiger partial charge in [-0.05, 0) is 42.9 Å². The number of nitrogens with zero attached hydrogens (tertiary/aromatic N) is 1. The Kier molecular flexibility index (Phi) is 4.32. The van der Waals surface area contributed by atoms with Gasteiger partial charge in [0.15, 0.2) is 5.76 Å². The Balaban J connectivity index is 1.44. The molecular formula is C23H24N2O3. The summed E-state index contributed by atoms with van der Waals surface area (Å²) in [5.74, 6) is 2.05. The molecule has 28 heavy (non-hydrogen) atoms. The normalized spacial score (nSPS) is 23.9. The number of ether oxygens (including phenoxy) is 1. The lowest BCUT2D eigenvalue weighted by molar-refractivity contribution is 0.0746. The SMILES string of the molecule is NC1CCC2CN(C(=O)c3oc4ccccc4c3COc3ccccc3)CC12. The first-order valence-electron chi connectivity index (χ1n) is 9.94. The predicted octanol–water partition coefficient (Wildman–Crippen LogP) is 3.82. The maximum Gasteiger partial charge on any atom is 0.290 e. The zero-order valence-corrected chi connectivity index (χ0v) is 15.7. The summed E-state index contributed by atoms with van der Waals surface area (Å²) in [4.78, 5) is 15.2. The van der Waals surface area contributed by atoms with Crippen LogP contribution in [0.4, 0.5) is 0 Å². The largest absolute Gasteiger partial charge is 0.489 e. The quantitative estimate of drug-likeness (QED) is 0.752. The second kappa shape index (κ2) is 6.99. The molecule has 1 aliphatic heterocycles. The van der Waals surface area contributed by atoms with Gasteiger partial charge in [0.05, 0.1) is 0 Å². The average Bonchev–Trinajstić information content (AvgIpc) is 3.41. The molecule has 1 amide bonds. The third kappa shape index (κ3) is 2.96. The van der Waals surface area contributed by atoms with Crippen LogP contribution in [0, 0.1) is 11.8 Å². The summed E-state index contributed by atoms with van der Waals surface area (Å²) < 4.78 is 12.0. The zero-order chi connectivity index (χ0) is 19.1. The number of carbonyl (C=O) groups excluding carboxylic acids is 1. The molecule has 1 aliphatic carbocycles. The van der Waals surface area contributed by atoms with Crippen LogP contribution in [0.2, 0.25) is 0 Å². The minimum absolute atomic E-state index is 0.0514. The standard InChI is InChI=1S/C23H24N2O3/c24-20-11-10-15-12-25(13-18(15)20)23(26)22-19(14-27-16-6-2-1-3-7-16)17-8-4-5-9-21(17)28-22/h1-9,15,18,20H,10-14,24H2. The van der Waals surface area contributed by atoms with Crippen LogP contribution in [-0.4, -0.2) is 29.9 Å². The highest BCUT2D eigenvalue weighted by atomic mass is 16.5. The topological polar surface area (TPSA) is 68.7 Å². The smallest absolute Gasteiger partial charge is 0.290 e. The Morgan fingerprint density at radius 2 is 1.86 bits per heavy atom. The van der Waals surface area contributed by atoms with E-state index in [1.807, 2.05) is 59.5 Å². The summed E-state index contributed by atoms with van der Waals surface area (Å²) in [5, 5.41) is 0.929. The summed E-state index contributed by atoms with van der Waals surface area (Å²) in [6, 6.07) is 17.6. The molecule has 5 rings (SSSR count). The van der Waals surface area contributed by atoms with Crippen molar-refractivity contribution in [1.29, 1.82) is 0 Å². The molecule has 2 aromatic carbocycles. The summed E-state index contributed by atoms with van der Waals surface area (Å²) in [5.41, 5.74) is 7.77. The lowest BCUT2D eigenvalue weighted by Gasteiger charge is -2.18. The van der Waals surface area contributed by atoms with Crippen LogP contribution in [0.1, 0.15) is 29.0 Å². The number of nitrogens with two attached hydrogens (primary N) is 1. The van der Waals surface area contributed by atoms with Gasteiger partial charge in [-0.1, -0.05) is 36.4 Å². The molecule has 3 aromatic rings. The number of rotatable bonds is 4. The van der Waals surface area contributed by atoms with Gasteiger partial charge in [-0.15, -0.1) is 0 Å². The molecule has 0 bridgehead atoms. The molecular weight excluding hydrogens is 352 g/mol. The molecule has 5 heteroatoms. The van der Waals surface area contributed by atoms with E-state index in [2.05, 4.69) is 0 Å². The highest BCUT2D eigenvalue weighted by molar-refractivity contribution is 5.99. The van der Waals surface area contributed by atoms with Crippen molar-refractivity contribution in [2.24, 2.45) is 17.6 Å². The molecule has 1 aromatic heterocycles. The number of furan rings is 1. The van der Waals surface area contributed by atoms with Gasteiger partial charge in [-0.2, -0.15) is 0 Å². The minimum Gasteiger partial charge on any atom is -0.489 e. The van der Waals surface area contributed by atoms with Gasteiger partial charge in [-0.3, -0.25) is 4.79 Å². The monoisotopic (exact) mass is 376 g/mol. The van der Waals surface area contributed by atoms with Crippen molar-refractivity contribution in [3.8, 4) is 5.75 Å². The lowest BCUT2D eigenvalue weighted by atomic mass is 9.98. The molecule has 1 saturated heterocycles. The van der Waals surface area contributed by atoms with Crippen LogP contribution in [0.5, 0.6) is 5.75 Å². The first kappa shape index (κ1) is 17.3. The van der Waals surface area contributed by atoms with E-state index in [9.17, 15) is 4.79 Å². The fourth-order valence-corrected chi connectivity index (χ4v) is 4.70. The number of benzene rings is 2. The molecule has 3 atom stereocenters. The number of hydrogen-bond donors (Lipinski definition) is 1. The maximum absolute atomic E-state index is 13.3. The van der Waals surface area contributed by atoms with Gasteiger partial charge in [0.25, 0.3) is 5.91 Å². The Labute approximate surface area is 164 Å². The Hall–Kier alpha value is -2.79. The van der Waals surface area contributed by atoms with Gasteiger partial charge in [0.2, 0.25) is 0 Å². The summed E-state index contributed by atoms with van der Waals surface area (Å²) in [6.45, 7) is 1.79. The van der Waals surface area contributed by atoms with E-state index >= 15 is 0 Å². The lowest BCUT2D eigenvalue weighted by Crippen LogP contribution is -2.33. The molecule has 0 radical (unpaired) electrons. The number of para-hydroxylation sites is 2. The van der Waals surface area contributed by atoms with Crippen molar-refractivity contribution in [1.82, 2.24) is 4.90 Å². The zero-order valence-electron chi connectivity index (χ0n) is 15.7. The van der Waals surface area contributed by atoms with Gasteiger partial charge in [0, 0.05) is 30.1 Å². The third-order valence-electron chi connectivity index (χ3n) is 6.22. The molecule has 2 heterocycles. The van der Waals surface area contributed by atoms with Crippen molar-refractivity contribution in [2.75, 3.05) is 13.1 Å². The number of carbonyl (C=O) groups is 1. The van der Waals surface area contributed by atoms with Gasteiger partial charge < -0.3 is 19.8 Å². The first-order valence-corrected chi connectivity index (χ1v) is 9.94. The molecule has 2 fully saturated rings.